The summed E-state index contributed by atoms with van der Waals surface area (Å²) in [7, 11) is -0.603. The van der Waals surface area contributed by atoms with Gasteiger partial charge in [0, 0.05) is 5.30 Å². The lowest BCUT2D eigenvalue weighted by atomic mass is 10.1. The van der Waals surface area contributed by atoms with Gasteiger partial charge < -0.3 is 4.74 Å². The summed E-state index contributed by atoms with van der Waals surface area (Å²) in [5, 5.41) is 0.918. The standard InChI is InChI=1S/C13H19O3P/c1-5-16-12(15)6-7-17-8-9(2)10(3)13(17)11(4)14/h8H,5-7H2,1-4H3. The Bertz CT molecular complexity index is 432. The third-order valence-corrected chi connectivity index (χ3v) is 5.41. The average Bonchev–Trinajstić information content (AvgIpc) is 2.52. The zero-order valence-electron chi connectivity index (χ0n) is 10.9. The molecule has 0 aliphatic carbocycles. The van der Waals surface area contributed by atoms with Gasteiger partial charge in [-0.15, -0.1) is 7.53 Å². The molecule has 1 heterocycles. The fraction of sp³-hybridized carbons (Fsp3) is 0.538. The first-order valence-corrected chi connectivity index (χ1v) is 7.39. The first-order valence-electron chi connectivity index (χ1n) is 5.80. The number of aryl methyl sites for hydroxylation is 2. The van der Waals surface area contributed by atoms with E-state index in [0.29, 0.717) is 13.0 Å². The van der Waals surface area contributed by atoms with Crippen LogP contribution in [0, 0.1) is 13.8 Å². The molecule has 0 saturated carbocycles. The Morgan fingerprint density at radius 1 is 1.35 bits per heavy atom. The van der Waals surface area contributed by atoms with Crippen molar-refractivity contribution >= 4 is 19.3 Å². The lowest BCUT2D eigenvalue weighted by molar-refractivity contribution is -0.142. The van der Waals surface area contributed by atoms with Crippen LogP contribution in [0.5, 0.6) is 0 Å². The van der Waals surface area contributed by atoms with Crippen LogP contribution >= 0.6 is 7.53 Å². The number of ether oxygens (including phenoxy) is 1. The van der Waals surface area contributed by atoms with Gasteiger partial charge in [-0.25, -0.2) is 0 Å². The second-order valence-electron chi connectivity index (χ2n) is 4.09. The molecule has 0 fully saturated rings. The zero-order valence-corrected chi connectivity index (χ0v) is 11.8. The lowest BCUT2D eigenvalue weighted by Crippen LogP contribution is -2.03. The lowest BCUT2D eigenvalue weighted by Gasteiger charge is -2.04. The Labute approximate surface area is 103 Å². The molecule has 0 spiro atoms. The minimum absolute atomic E-state index is 0.130. The van der Waals surface area contributed by atoms with Crippen LogP contribution in [0.15, 0.2) is 5.80 Å². The Balaban J connectivity index is 2.81. The summed E-state index contributed by atoms with van der Waals surface area (Å²) in [6.45, 7) is 7.82. The van der Waals surface area contributed by atoms with Crippen molar-refractivity contribution in [1.82, 2.24) is 0 Å². The Hall–Kier alpha value is -1.08. The van der Waals surface area contributed by atoms with Crippen LogP contribution in [-0.4, -0.2) is 18.4 Å². The van der Waals surface area contributed by atoms with Gasteiger partial charge in [0.15, 0.2) is 5.78 Å². The Morgan fingerprint density at radius 2 is 2.00 bits per heavy atom. The van der Waals surface area contributed by atoms with E-state index in [1.807, 2.05) is 13.8 Å². The van der Waals surface area contributed by atoms with E-state index in [-0.39, 0.29) is 11.8 Å². The maximum atomic E-state index is 11.6. The maximum absolute atomic E-state index is 11.6. The number of hydrogen-bond acceptors (Lipinski definition) is 3. The second kappa shape index (κ2) is 6.02. The van der Waals surface area contributed by atoms with Crippen LogP contribution < -0.4 is 0 Å². The highest BCUT2D eigenvalue weighted by Crippen LogP contribution is 2.41. The molecule has 0 bridgehead atoms. The normalized spacial score (nSPS) is 11.4. The summed E-state index contributed by atoms with van der Waals surface area (Å²) < 4.78 is 4.90. The molecular weight excluding hydrogens is 235 g/mol. The number of hydrogen-bond donors (Lipinski definition) is 0. The molecule has 4 heteroatoms. The smallest absolute Gasteiger partial charge is 0.306 e. The van der Waals surface area contributed by atoms with Crippen molar-refractivity contribution in [2.45, 2.75) is 40.3 Å². The van der Waals surface area contributed by atoms with Crippen LogP contribution in [0.25, 0.3) is 0 Å². The van der Waals surface area contributed by atoms with Crippen molar-refractivity contribution in [3.05, 3.63) is 22.2 Å². The first kappa shape index (κ1) is 14.0. The van der Waals surface area contributed by atoms with Crippen molar-refractivity contribution in [2.24, 2.45) is 0 Å². The van der Waals surface area contributed by atoms with Gasteiger partial charge in [-0.2, -0.15) is 0 Å². The number of esters is 1. The molecule has 0 aromatic carbocycles. The zero-order chi connectivity index (χ0) is 13.0. The second-order valence-corrected chi connectivity index (χ2v) is 6.18. The Kier molecular flexibility index (Phi) is 4.95. The highest BCUT2D eigenvalue weighted by molar-refractivity contribution is 7.50. The number of carbonyl (C=O) groups excluding carboxylic acids is 2. The van der Waals surface area contributed by atoms with E-state index in [2.05, 4.69) is 5.80 Å². The summed E-state index contributed by atoms with van der Waals surface area (Å²) in [5.74, 6) is 2.10. The van der Waals surface area contributed by atoms with Crippen molar-refractivity contribution in [2.75, 3.05) is 6.61 Å². The molecule has 1 rings (SSSR count). The Morgan fingerprint density at radius 3 is 2.53 bits per heavy atom. The highest BCUT2D eigenvalue weighted by atomic mass is 31.1. The van der Waals surface area contributed by atoms with Gasteiger partial charge in [0.1, 0.15) is 0 Å². The third kappa shape index (κ3) is 3.44. The van der Waals surface area contributed by atoms with Gasteiger partial charge >= 0.3 is 5.97 Å². The van der Waals surface area contributed by atoms with E-state index in [4.69, 9.17) is 4.74 Å². The largest absolute Gasteiger partial charge is 0.466 e. The van der Waals surface area contributed by atoms with Gasteiger partial charge in [0.2, 0.25) is 0 Å². The molecule has 0 radical (unpaired) electrons. The van der Waals surface area contributed by atoms with Gasteiger partial charge in [-0.3, -0.25) is 9.59 Å². The van der Waals surface area contributed by atoms with Crippen molar-refractivity contribution < 1.29 is 14.3 Å². The van der Waals surface area contributed by atoms with Gasteiger partial charge in [0.05, 0.1) is 13.0 Å². The molecule has 0 aliphatic rings. The van der Waals surface area contributed by atoms with Crippen molar-refractivity contribution in [3.63, 3.8) is 0 Å². The third-order valence-electron chi connectivity index (χ3n) is 2.78. The minimum atomic E-state index is -0.603. The number of Topliss-reactive ketones (excluding diaryl/α,β-unsaturated/α-hetero) is 1. The molecule has 0 N–H and O–H groups in total. The van der Waals surface area contributed by atoms with E-state index >= 15 is 0 Å². The molecule has 1 aromatic rings. The summed E-state index contributed by atoms with van der Waals surface area (Å²) in [5.41, 5.74) is 2.26. The van der Waals surface area contributed by atoms with Crippen LogP contribution in [0.4, 0.5) is 0 Å². The quantitative estimate of drug-likeness (QED) is 0.597. The predicted octanol–water partition coefficient (Wildman–Crippen LogP) is 3.45. The van der Waals surface area contributed by atoms with Gasteiger partial charge in [0.25, 0.3) is 0 Å². The summed E-state index contributed by atoms with van der Waals surface area (Å²) in [6, 6.07) is 0. The predicted molar refractivity (Wildman–Crippen MR) is 69.9 cm³/mol. The molecular formula is C13H19O3P. The molecule has 1 atom stereocenters. The SMILES string of the molecule is CCOC(=O)CCp1cc(C)c(C)c1C(C)=O. The van der Waals surface area contributed by atoms with Gasteiger partial charge in [-0.05, 0) is 50.8 Å². The van der Waals surface area contributed by atoms with E-state index in [0.717, 1.165) is 17.0 Å². The summed E-state index contributed by atoms with van der Waals surface area (Å²) in [6.07, 6.45) is 1.12. The van der Waals surface area contributed by atoms with E-state index in [9.17, 15) is 9.59 Å². The topological polar surface area (TPSA) is 43.4 Å². The minimum Gasteiger partial charge on any atom is -0.466 e. The fourth-order valence-corrected chi connectivity index (χ4v) is 4.46. The highest BCUT2D eigenvalue weighted by Gasteiger charge is 2.15. The molecule has 0 amide bonds. The number of ketones is 1. The molecule has 1 aromatic heterocycles. The van der Waals surface area contributed by atoms with Crippen LogP contribution in [-0.2, 0) is 15.7 Å². The van der Waals surface area contributed by atoms with Crippen molar-refractivity contribution in [1.29, 1.82) is 0 Å². The molecule has 17 heavy (non-hydrogen) atoms. The molecule has 3 nitrogen and oxygen atoms in total. The monoisotopic (exact) mass is 254 g/mol. The fourth-order valence-electron chi connectivity index (χ4n) is 1.88. The van der Waals surface area contributed by atoms with Crippen molar-refractivity contribution in [3.8, 4) is 0 Å². The molecule has 0 aliphatic heterocycles. The summed E-state index contributed by atoms with van der Waals surface area (Å²) in [4.78, 5) is 22.9. The van der Waals surface area contributed by atoms with Crippen LogP contribution in [0.1, 0.15) is 41.5 Å². The average molecular weight is 254 g/mol. The number of rotatable bonds is 5. The summed E-state index contributed by atoms with van der Waals surface area (Å²) >= 11 is 0. The van der Waals surface area contributed by atoms with E-state index in [1.165, 1.54) is 5.56 Å². The molecule has 1 unspecified atom stereocenters. The van der Waals surface area contributed by atoms with Crippen LogP contribution in [0.2, 0.25) is 0 Å². The maximum Gasteiger partial charge on any atom is 0.306 e. The van der Waals surface area contributed by atoms with E-state index < -0.39 is 7.53 Å². The number of carbonyl (C=O) groups is 2. The molecule has 94 valence electrons. The first-order chi connectivity index (χ1) is 7.97. The van der Waals surface area contributed by atoms with Gasteiger partial charge in [-0.1, -0.05) is 0 Å². The molecule has 0 saturated heterocycles. The van der Waals surface area contributed by atoms with Crippen LogP contribution in [0.3, 0.4) is 0 Å². The van der Waals surface area contributed by atoms with E-state index in [1.54, 1.807) is 13.8 Å².